The molecule has 8 saturated carbocycles. The van der Waals surface area contributed by atoms with Crippen LogP contribution in [0.4, 0.5) is 0 Å². The van der Waals surface area contributed by atoms with Gasteiger partial charge in [-0.1, -0.05) is 41.5 Å². The van der Waals surface area contributed by atoms with E-state index in [1.54, 1.807) is 4.90 Å². The number of hydrogen-bond acceptors (Lipinski definition) is 9. The van der Waals surface area contributed by atoms with Crippen LogP contribution in [0.25, 0.3) is 0 Å². The zero-order chi connectivity index (χ0) is 48.6. The summed E-state index contributed by atoms with van der Waals surface area (Å²) >= 11 is 0. The van der Waals surface area contributed by atoms with E-state index in [2.05, 4.69) is 41.5 Å². The number of carbonyl (C=O) groups excluding carboxylic acids is 2. The lowest BCUT2D eigenvalue weighted by Gasteiger charge is -2.63. The number of aliphatic hydroxyl groups is 3. The number of carbonyl (C=O) groups is 2. The number of Topliss-reactive ketones (excluding diaryl/α,β-unsaturated/α-hetero) is 1. The van der Waals surface area contributed by atoms with Gasteiger partial charge in [0.15, 0.2) is 0 Å². The quantitative estimate of drug-likeness (QED) is 0.0925. The standard InChI is InChI=1S/C53H89NO11S2/c1-32(9-11-37(55)8-7-26-66(60,61)62)39-12-14-41-48-43(19-23-52(39,41)5)50(3)21-17-36(28-34(50)30-45(48)57)54(25-27-67(63,64)65)47(59)16-10-33(2)40-13-15-42-49-44(20-24-53(40,42)6)51(4)22-18-38(56)29-35(51)31-46(49)58/h32-36,38-46,48-49,56-58H,7-31H2,1-6H3,(H,60,61,62)(H,63,64,65)/t32-,33+,34?,35?,36-,38+,39-,40+,41?,42?,43+,44-,45+,46-,48+,49-,50+,51-,52-,53+/m0/s1. The van der Waals surface area contributed by atoms with Gasteiger partial charge >= 0.3 is 0 Å². The lowest BCUT2D eigenvalue weighted by Crippen LogP contribution is -2.60. The van der Waals surface area contributed by atoms with E-state index in [0.717, 1.165) is 103 Å². The van der Waals surface area contributed by atoms with Crippen molar-refractivity contribution in [1.29, 1.82) is 0 Å². The topological polar surface area (TPSA) is 207 Å². The second-order valence-electron chi connectivity index (χ2n) is 25.7. The number of ketones is 1. The van der Waals surface area contributed by atoms with Crippen LogP contribution in [0.1, 0.15) is 183 Å². The smallest absolute Gasteiger partial charge is 0.266 e. The summed E-state index contributed by atoms with van der Waals surface area (Å²) in [5, 5.41) is 34.5. The summed E-state index contributed by atoms with van der Waals surface area (Å²) in [6, 6.07) is -0.157. The molecule has 67 heavy (non-hydrogen) atoms. The average Bonchev–Trinajstić information content (AvgIpc) is 3.79. The summed E-state index contributed by atoms with van der Waals surface area (Å²) in [5.74, 6) is 3.28. The van der Waals surface area contributed by atoms with Gasteiger partial charge in [0, 0.05) is 31.8 Å². The molecule has 0 aliphatic heterocycles. The molecule has 5 N–H and O–H groups in total. The van der Waals surface area contributed by atoms with Crippen molar-refractivity contribution in [3.63, 3.8) is 0 Å². The Labute approximate surface area is 403 Å². The highest BCUT2D eigenvalue weighted by molar-refractivity contribution is 7.86. The highest BCUT2D eigenvalue weighted by Crippen LogP contribution is 2.70. The molecule has 4 unspecified atom stereocenters. The van der Waals surface area contributed by atoms with Gasteiger partial charge in [-0.15, -0.1) is 0 Å². The van der Waals surface area contributed by atoms with E-state index >= 15 is 0 Å². The number of nitrogens with zero attached hydrogens (tertiary/aromatic N) is 1. The van der Waals surface area contributed by atoms with Crippen molar-refractivity contribution in [3.8, 4) is 0 Å². The van der Waals surface area contributed by atoms with E-state index in [0.29, 0.717) is 73.0 Å². The summed E-state index contributed by atoms with van der Waals surface area (Å²) in [5.41, 5.74) is 0.305. The van der Waals surface area contributed by atoms with E-state index < -0.39 is 37.8 Å². The minimum absolute atomic E-state index is 0.0118. The van der Waals surface area contributed by atoms with Crippen molar-refractivity contribution >= 4 is 31.9 Å². The van der Waals surface area contributed by atoms with Crippen LogP contribution in [-0.4, -0.2) is 100 Å². The van der Waals surface area contributed by atoms with Crippen LogP contribution in [0, 0.1) is 92.7 Å². The van der Waals surface area contributed by atoms with Gasteiger partial charge in [0.25, 0.3) is 20.2 Å². The lowest BCUT2D eigenvalue weighted by molar-refractivity contribution is -0.174. The number of rotatable bonds is 16. The van der Waals surface area contributed by atoms with Crippen molar-refractivity contribution < 1.29 is 50.8 Å². The molecule has 8 aliphatic carbocycles. The number of aliphatic hydroxyl groups excluding tert-OH is 3. The molecule has 0 radical (unpaired) electrons. The molecular weight excluding hydrogens is 891 g/mol. The first kappa shape index (κ1) is 52.2. The van der Waals surface area contributed by atoms with Crippen molar-refractivity contribution in [2.75, 3.05) is 18.1 Å². The Morgan fingerprint density at radius 1 is 0.567 bits per heavy atom. The molecule has 8 aliphatic rings. The molecule has 0 saturated heterocycles. The molecule has 0 aromatic carbocycles. The molecule has 8 rings (SSSR count). The Hall–Kier alpha value is -1.16. The Bertz CT molecular complexity index is 2030. The van der Waals surface area contributed by atoms with Crippen molar-refractivity contribution in [2.24, 2.45) is 92.7 Å². The van der Waals surface area contributed by atoms with Gasteiger partial charge in [-0.05, 0) is 215 Å². The molecule has 0 aromatic rings. The van der Waals surface area contributed by atoms with Crippen LogP contribution < -0.4 is 0 Å². The first-order chi connectivity index (χ1) is 31.3. The van der Waals surface area contributed by atoms with Crippen molar-refractivity contribution in [2.45, 2.75) is 207 Å². The number of hydrogen-bond donors (Lipinski definition) is 5. The Balaban J connectivity index is 0.890. The van der Waals surface area contributed by atoms with E-state index in [4.69, 9.17) is 4.55 Å². The molecular formula is C53H89NO11S2. The van der Waals surface area contributed by atoms with E-state index in [1.165, 1.54) is 0 Å². The van der Waals surface area contributed by atoms with Gasteiger partial charge in [-0.3, -0.25) is 18.7 Å². The Kier molecular flexibility index (Phi) is 15.1. The molecule has 8 fully saturated rings. The van der Waals surface area contributed by atoms with Gasteiger partial charge in [0.2, 0.25) is 5.91 Å². The molecule has 12 nitrogen and oxygen atoms in total. The molecule has 20 atom stereocenters. The van der Waals surface area contributed by atoms with Gasteiger partial charge < -0.3 is 20.2 Å². The highest BCUT2D eigenvalue weighted by atomic mass is 32.2. The Morgan fingerprint density at radius 3 is 1.55 bits per heavy atom. The third-order valence-corrected chi connectivity index (χ3v) is 24.2. The van der Waals surface area contributed by atoms with E-state index in [-0.39, 0.29) is 94.7 Å². The van der Waals surface area contributed by atoms with Crippen LogP contribution in [0.3, 0.4) is 0 Å². The zero-order valence-corrected chi connectivity index (χ0v) is 43.5. The maximum atomic E-state index is 14.5. The SMILES string of the molecule is C[C@H](CCC(=O)N(CCS(=O)(=O)O)[C@H]1CC[C@]2(C)C(C1)C[C@@H](O)[C@@H]1C3CC[C@@H]([C@@H](C)CCC(=O)CCCS(=O)(=O)O)[C@]3(C)CC[C@H]12)[C@H]1CCC2[C@@H]3[C@@H](O)CC4C[C@H](O)CC[C@]4(C)[C@H]3CC[C@@]21C. The second kappa shape index (κ2) is 19.4. The summed E-state index contributed by atoms with van der Waals surface area (Å²) in [6.07, 6.45) is 16.6. The highest BCUT2D eigenvalue weighted by Gasteiger charge is 2.65. The predicted molar refractivity (Wildman–Crippen MR) is 259 cm³/mol. The van der Waals surface area contributed by atoms with Crippen LogP contribution in [0.15, 0.2) is 0 Å². The van der Waals surface area contributed by atoms with Gasteiger partial charge in [-0.25, -0.2) is 0 Å². The Morgan fingerprint density at radius 2 is 1.03 bits per heavy atom. The fourth-order valence-electron chi connectivity index (χ4n) is 19.2. The first-order valence-corrected chi connectivity index (χ1v) is 30.3. The van der Waals surface area contributed by atoms with E-state index in [9.17, 15) is 46.3 Å². The summed E-state index contributed by atoms with van der Waals surface area (Å²) in [7, 11) is -8.38. The second-order valence-corrected chi connectivity index (χ2v) is 28.9. The fraction of sp³-hybridized carbons (Fsp3) is 0.962. The predicted octanol–water partition coefficient (Wildman–Crippen LogP) is 8.76. The molecule has 0 aromatic heterocycles. The number of amides is 1. The molecule has 0 bridgehead atoms. The average molecular weight is 980 g/mol. The largest absolute Gasteiger partial charge is 0.393 e. The molecule has 14 heteroatoms. The number of fused-ring (bicyclic) bond motifs is 10. The minimum Gasteiger partial charge on any atom is -0.393 e. The van der Waals surface area contributed by atoms with Crippen molar-refractivity contribution in [3.05, 3.63) is 0 Å². The third-order valence-electron chi connectivity index (χ3n) is 22.7. The maximum absolute atomic E-state index is 14.5. The summed E-state index contributed by atoms with van der Waals surface area (Å²) in [4.78, 5) is 29.0. The maximum Gasteiger partial charge on any atom is 0.266 e. The van der Waals surface area contributed by atoms with Crippen LogP contribution in [0.5, 0.6) is 0 Å². The van der Waals surface area contributed by atoms with Gasteiger partial charge in [0.1, 0.15) is 5.78 Å². The van der Waals surface area contributed by atoms with E-state index in [1.807, 2.05) is 0 Å². The first-order valence-electron chi connectivity index (χ1n) is 27.0. The summed E-state index contributed by atoms with van der Waals surface area (Å²) < 4.78 is 65.6. The summed E-state index contributed by atoms with van der Waals surface area (Å²) in [6.45, 7) is 14.3. The third kappa shape index (κ3) is 10.0. The molecule has 0 heterocycles. The van der Waals surface area contributed by atoms with Crippen molar-refractivity contribution in [1.82, 2.24) is 4.90 Å². The van der Waals surface area contributed by atoms with Crippen LogP contribution in [-0.2, 0) is 29.8 Å². The molecule has 384 valence electrons. The lowest BCUT2D eigenvalue weighted by atomic mass is 9.43. The molecule has 0 spiro atoms. The van der Waals surface area contributed by atoms with Gasteiger partial charge in [0.05, 0.1) is 29.8 Å². The normalized spacial score (nSPS) is 45.9. The molecule has 1 amide bonds. The van der Waals surface area contributed by atoms with Crippen LogP contribution >= 0.6 is 0 Å². The minimum atomic E-state index is -4.30. The van der Waals surface area contributed by atoms with Gasteiger partial charge in [-0.2, -0.15) is 16.8 Å². The monoisotopic (exact) mass is 980 g/mol. The fourth-order valence-corrected chi connectivity index (χ4v) is 20.2. The zero-order valence-electron chi connectivity index (χ0n) is 41.9. The van der Waals surface area contributed by atoms with Crippen LogP contribution in [0.2, 0.25) is 0 Å².